The SMILES string of the molecule is CC1(C#N)C=C(c2ccn(C(F)(F)F)n2)C=CC1SCC(F)(F)F. The standard InChI is InChI=1S/C14H11F6N3S/c1-12(7-21)6-9(2-3-11(12)24-8-13(15,16)17)10-4-5-23(22-10)14(18,19)20/h2-6,11H,8H2,1H3. The second kappa shape index (κ2) is 6.20. The minimum atomic E-state index is -4.67. The van der Waals surface area contributed by atoms with Crippen LogP contribution in [0.2, 0.25) is 0 Å². The van der Waals surface area contributed by atoms with Gasteiger partial charge in [0, 0.05) is 11.4 Å². The average molecular weight is 367 g/mol. The van der Waals surface area contributed by atoms with Gasteiger partial charge in [0.05, 0.1) is 22.9 Å². The molecule has 0 spiro atoms. The third-order valence-corrected chi connectivity index (χ3v) is 4.81. The van der Waals surface area contributed by atoms with Crippen molar-refractivity contribution in [3.8, 4) is 6.07 Å². The molecule has 24 heavy (non-hydrogen) atoms. The zero-order valence-corrected chi connectivity index (χ0v) is 13.0. The number of rotatable bonds is 3. The predicted octanol–water partition coefficient (Wildman–Crippen LogP) is 4.51. The molecule has 130 valence electrons. The number of allylic oxidation sites excluding steroid dienone is 3. The Hall–Kier alpha value is -1.89. The van der Waals surface area contributed by atoms with Crippen LogP contribution in [-0.2, 0) is 6.30 Å². The number of hydrogen-bond acceptors (Lipinski definition) is 3. The molecule has 0 N–H and O–H groups in total. The van der Waals surface area contributed by atoms with E-state index in [0.717, 1.165) is 12.3 Å². The van der Waals surface area contributed by atoms with Crippen molar-refractivity contribution in [3.05, 3.63) is 36.2 Å². The lowest BCUT2D eigenvalue weighted by molar-refractivity contribution is -0.212. The van der Waals surface area contributed by atoms with Crippen LogP contribution in [0.15, 0.2) is 30.5 Å². The van der Waals surface area contributed by atoms with Gasteiger partial charge in [0.15, 0.2) is 0 Å². The topological polar surface area (TPSA) is 41.6 Å². The first-order valence-electron chi connectivity index (χ1n) is 6.58. The van der Waals surface area contributed by atoms with E-state index in [2.05, 4.69) is 5.10 Å². The van der Waals surface area contributed by atoms with Crippen molar-refractivity contribution in [1.82, 2.24) is 9.78 Å². The molecule has 0 aromatic carbocycles. The molecule has 1 aromatic heterocycles. The number of halogens is 6. The van der Waals surface area contributed by atoms with E-state index >= 15 is 0 Å². The fourth-order valence-electron chi connectivity index (χ4n) is 2.13. The van der Waals surface area contributed by atoms with Crippen LogP contribution >= 0.6 is 11.8 Å². The molecule has 1 aromatic rings. The predicted molar refractivity (Wildman–Crippen MR) is 76.7 cm³/mol. The molecule has 3 nitrogen and oxygen atoms in total. The molecule has 2 atom stereocenters. The third kappa shape index (κ3) is 4.14. The lowest BCUT2D eigenvalue weighted by Gasteiger charge is -2.30. The van der Waals surface area contributed by atoms with Crippen LogP contribution in [0.4, 0.5) is 26.3 Å². The molecule has 10 heteroatoms. The summed E-state index contributed by atoms with van der Waals surface area (Å²) in [6.07, 6.45) is -4.18. The second-order valence-electron chi connectivity index (χ2n) is 5.31. The van der Waals surface area contributed by atoms with Crippen molar-refractivity contribution in [2.45, 2.75) is 24.7 Å². The molecule has 1 heterocycles. The molecule has 0 saturated heterocycles. The quantitative estimate of drug-likeness (QED) is 0.739. The summed E-state index contributed by atoms with van der Waals surface area (Å²) < 4.78 is 74.6. The van der Waals surface area contributed by atoms with E-state index in [-0.39, 0.29) is 15.9 Å². The lowest BCUT2D eigenvalue weighted by Crippen LogP contribution is -2.29. The first-order valence-corrected chi connectivity index (χ1v) is 7.63. The number of hydrogen-bond donors (Lipinski definition) is 0. The molecule has 0 aliphatic heterocycles. The lowest BCUT2D eigenvalue weighted by atomic mass is 9.81. The van der Waals surface area contributed by atoms with Crippen LogP contribution in [-0.4, -0.2) is 27.0 Å². The van der Waals surface area contributed by atoms with Crippen molar-refractivity contribution in [2.24, 2.45) is 5.41 Å². The Labute approximate surface area is 137 Å². The molecule has 2 rings (SSSR count). The summed E-state index contributed by atoms with van der Waals surface area (Å²) in [4.78, 5) is 0. The maximum Gasteiger partial charge on any atom is 0.504 e. The fraction of sp³-hybridized carbons (Fsp3) is 0.429. The Morgan fingerprint density at radius 1 is 1.33 bits per heavy atom. The van der Waals surface area contributed by atoms with Gasteiger partial charge in [-0.2, -0.15) is 28.2 Å². The highest BCUT2D eigenvalue weighted by Crippen LogP contribution is 2.41. The molecule has 0 fully saturated rings. The number of nitrogens with zero attached hydrogens (tertiary/aromatic N) is 3. The highest BCUT2D eigenvalue weighted by atomic mass is 32.2. The summed E-state index contributed by atoms with van der Waals surface area (Å²) in [5.41, 5.74) is -1.04. The van der Waals surface area contributed by atoms with Crippen LogP contribution in [0, 0.1) is 16.7 Å². The van der Waals surface area contributed by atoms with E-state index < -0.39 is 28.9 Å². The van der Waals surface area contributed by atoms with Gasteiger partial charge in [-0.3, -0.25) is 0 Å². The Morgan fingerprint density at radius 3 is 2.50 bits per heavy atom. The van der Waals surface area contributed by atoms with Gasteiger partial charge in [-0.25, -0.2) is 0 Å². The molecule has 0 bridgehead atoms. The number of thioether (sulfide) groups is 1. The van der Waals surface area contributed by atoms with Crippen LogP contribution in [0.5, 0.6) is 0 Å². The first kappa shape index (κ1) is 18.4. The number of nitriles is 1. The number of aromatic nitrogens is 2. The van der Waals surface area contributed by atoms with Crippen molar-refractivity contribution < 1.29 is 26.3 Å². The van der Waals surface area contributed by atoms with Crippen LogP contribution in [0.3, 0.4) is 0 Å². The van der Waals surface area contributed by atoms with Gasteiger partial charge in [0.25, 0.3) is 0 Å². The minimum absolute atomic E-state index is 0.00989. The van der Waals surface area contributed by atoms with Gasteiger partial charge >= 0.3 is 12.5 Å². The molecule has 1 aliphatic rings. The van der Waals surface area contributed by atoms with E-state index in [9.17, 15) is 31.6 Å². The highest BCUT2D eigenvalue weighted by Gasteiger charge is 2.38. The summed E-state index contributed by atoms with van der Waals surface area (Å²) in [6.45, 7) is 1.44. The zero-order chi connectivity index (χ0) is 18.2. The molecule has 2 unspecified atom stereocenters. The molecular weight excluding hydrogens is 356 g/mol. The van der Waals surface area contributed by atoms with Gasteiger partial charge in [-0.15, -0.1) is 24.9 Å². The zero-order valence-electron chi connectivity index (χ0n) is 12.2. The summed E-state index contributed by atoms with van der Waals surface area (Å²) in [6, 6.07) is 3.06. The Morgan fingerprint density at radius 2 is 2.00 bits per heavy atom. The van der Waals surface area contributed by atoms with Crippen molar-refractivity contribution in [3.63, 3.8) is 0 Å². The fourth-order valence-corrected chi connectivity index (χ4v) is 3.16. The van der Waals surface area contributed by atoms with E-state index in [0.29, 0.717) is 11.8 Å². The molecule has 1 aliphatic carbocycles. The molecule has 0 amide bonds. The Kier molecular flexibility index (Phi) is 4.77. The summed E-state index contributed by atoms with van der Waals surface area (Å²) >= 11 is 0.558. The Bertz CT molecular complexity index is 709. The summed E-state index contributed by atoms with van der Waals surface area (Å²) in [7, 11) is 0. The van der Waals surface area contributed by atoms with Crippen LogP contribution in [0.25, 0.3) is 5.57 Å². The van der Waals surface area contributed by atoms with Gasteiger partial charge in [0.2, 0.25) is 0 Å². The monoisotopic (exact) mass is 367 g/mol. The maximum atomic E-state index is 12.6. The Balaban J connectivity index is 2.25. The second-order valence-corrected chi connectivity index (χ2v) is 6.44. The molecule has 0 saturated carbocycles. The maximum absolute atomic E-state index is 12.6. The van der Waals surface area contributed by atoms with Gasteiger partial charge < -0.3 is 0 Å². The largest absolute Gasteiger partial charge is 0.504 e. The van der Waals surface area contributed by atoms with E-state index in [1.54, 1.807) is 0 Å². The van der Waals surface area contributed by atoms with Crippen molar-refractivity contribution >= 4 is 17.3 Å². The van der Waals surface area contributed by atoms with E-state index in [1.165, 1.54) is 25.2 Å². The van der Waals surface area contributed by atoms with E-state index in [4.69, 9.17) is 0 Å². The third-order valence-electron chi connectivity index (χ3n) is 3.31. The van der Waals surface area contributed by atoms with Crippen LogP contribution < -0.4 is 0 Å². The van der Waals surface area contributed by atoms with Gasteiger partial charge in [-0.05, 0) is 18.6 Å². The summed E-state index contributed by atoms with van der Waals surface area (Å²) in [5, 5.41) is 11.9. The van der Waals surface area contributed by atoms with E-state index in [1.807, 2.05) is 6.07 Å². The van der Waals surface area contributed by atoms with Crippen molar-refractivity contribution in [2.75, 3.05) is 5.75 Å². The summed E-state index contributed by atoms with van der Waals surface area (Å²) in [5.74, 6) is -1.12. The first-order chi connectivity index (χ1) is 10.9. The smallest absolute Gasteiger partial charge is 0.197 e. The molecule has 0 radical (unpaired) electrons. The normalized spacial score (nSPS) is 24.6. The highest BCUT2D eigenvalue weighted by molar-refractivity contribution is 8.00. The van der Waals surface area contributed by atoms with Gasteiger partial charge in [-0.1, -0.05) is 18.2 Å². The van der Waals surface area contributed by atoms with Crippen LogP contribution in [0.1, 0.15) is 12.6 Å². The molecular formula is C14H11F6N3S. The van der Waals surface area contributed by atoms with Crippen molar-refractivity contribution in [1.29, 1.82) is 5.26 Å². The average Bonchev–Trinajstić information content (AvgIpc) is 2.95. The minimum Gasteiger partial charge on any atom is -0.197 e. The van der Waals surface area contributed by atoms with Gasteiger partial charge in [0.1, 0.15) is 0 Å². The number of alkyl halides is 6.